The first kappa shape index (κ1) is 32.0. The molecule has 6 heteroatoms. The fourth-order valence-electron chi connectivity index (χ4n) is 5.30. The maximum Gasteiger partial charge on any atom is 0.133 e. The first-order chi connectivity index (χ1) is 20.8. The van der Waals surface area contributed by atoms with Crippen molar-refractivity contribution < 1.29 is 30.3 Å². The van der Waals surface area contributed by atoms with Crippen molar-refractivity contribution >= 4 is 35.2 Å². The number of halogens is 1. The van der Waals surface area contributed by atoms with Gasteiger partial charge in [0.05, 0.1) is 13.7 Å². The van der Waals surface area contributed by atoms with E-state index in [0.717, 1.165) is 23.2 Å². The van der Waals surface area contributed by atoms with Crippen LogP contribution < -0.4 is 5.19 Å². The van der Waals surface area contributed by atoms with Gasteiger partial charge in [-0.25, -0.2) is 4.39 Å². The topological polar surface area (TPSA) is 38.9 Å². The molecule has 0 aliphatic rings. The van der Waals surface area contributed by atoms with Crippen molar-refractivity contribution in [2.24, 2.45) is 5.92 Å². The molecule has 44 heavy (non-hydrogen) atoms. The van der Waals surface area contributed by atoms with Crippen molar-refractivity contribution in [2.45, 2.75) is 59.7 Å². The number of furan rings is 1. The van der Waals surface area contributed by atoms with Gasteiger partial charge in [0.25, 0.3) is 0 Å². The predicted octanol–water partition coefficient (Wildman–Crippen LogP) is 10.0. The van der Waals surface area contributed by atoms with Gasteiger partial charge in [0, 0.05) is 39.3 Å². The quantitative estimate of drug-likeness (QED) is 0.125. The van der Waals surface area contributed by atoms with Crippen LogP contribution in [0.4, 0.5) is 4.39 Å². The molecule has 1 radical (unpaired) electrons. The number of pyridine rings is 2. The van der Waals surface area contributed by atoms with E-state index in [1.165, 1.54) is 16.8 Å². The molecule has 3 heterocycles. The second-order valence-electron chi connectivity index (χ2n) is 12.6. The van der Waals surface area contributed by atoms with Crippen LogP contribution in [0.5, 0.6) is 0 Å². The summed E-state index contributed by atoms with van der Waals surface area (Å²) in [7, 11) is -1.34. The fourth-order valence-corrected chi connectivity index (χ4v) is 6.89. The Morgan fingerprint density at radius 3 is 2.39 bits per heavy atom. The Kier molecular flexibility index (Phi) is 10.3. The monoisotopic (exact) mass is 780 g/mol. The normalized spacial score (nSPS) is 12.1. The van der Waals surface area contributed by atoms with Gasteiger partial charge in [0.1, 0.15) is 11.4 Å². The van der Waals surface area contributed by atoms with Crippen molar-refractivity contribution in [3.8, 4) is 22.5 Å². The molecule has 3 aromatic carbocycles. The zero-order valence-corrected chi connectivity index (χ0v) is 29.8. The molecule has 0 unspecified atom stereocenters. The van der Waals surface area contributed by atoms with Gasteiger partial charge in [-0.05, 0) is 53.0 Å². The van der Waals surface area contributed by atoms with Crippen LogP contribution in [0, 0.1) is 23.9 Å². The summed E-state index contributed by atoms with van der Waals surface area (Å²) in [5.41, 5.74) is 6.85. The third-order valence-corrected chi connectivity index (χ3v) is 9.48. The molecule has 229 valence electrons. The number of hydrogen-bond acceptors (Lipinski definition) is 3. The van der Waals surface area contributed by atoms with Gasteiger partial charge >= 0.3 is 0 Å². The molecule has 0 aliphatic carbocycles. The smallest absolute Gasteiger partial charge is 0.133 e. The van der Waals surface area contributed by atoms with E-state index in [4.69, 9.17) is 5.79 Å². The van der Waals surface area contributed by atoms with Crippen LogP contribution in [0.3, 0.4) is 0 Å². The summed E-state index contributed by atoms with van der Waals surface area (Å²) >= 11 is 0. The zero-order chi connectivity index (χ0) is 31.6. The molecule has 3 aromatic heterocycles. The maximum absolute atomic E-state index is 14.2. The molecule has 0 spiro atoms. The Hall–Kier alpha value is -3.44. The van der Waals surface area contributed by atoms with E-state index in [2.05, 4.69) is 73.9 Å². The first-order valence-corrected chi connectivity index (χ1v) is 18.3. The third-order valence-electron chi connectivity index (χ3n) is 7.41. The minimum absolute atomic E-state index is 0. The molecule has 6 aromatic rings. The maximum atomic E-state index is 14.2. The number of nitrogens with zero attached hydrogens (tertiary/aromatic N) is 2. The van der Waals surface area contributed by atoms with Crippen LogP contribution in [0.2, 0.25) is 19.6 Å². The number of benzene rings is 3. The van der Waals surface area contributed by atoms with Crippen molar-refractivity contribution in [3.05, 3.63) is 114 Å². The minimum Gasteiger partial charge on any atom is -0.500 e. The molecule has 0 amide bonds. The Labute approximate surface area is 276 Å². The van der Waals surface area contributed by atoms with Crippen molar-refractivity contribution in [3.63, 3.8) is 0 Å². The number of aromatic nitrogens is 2. The van der Waals surface area contributed by atoms with Gasteiger partial charge < -0.3 is 14.4 Å². The molecule has 0 aliphatic heterocycles. The van der Waals surface area contributed by atoms with Gasteiger partial charge in [-0.1, -0.05) is 87.6 Å². The van der Waals surface area contributed by atoms with Crippen molar-refractivity contribution in [1.29, 1.82) is 0 Å². The minimum atomic E-state index is -1.34. The summed E-state index contributed by atoms with van der Waals surface area (Å²) < 4.78 is 28.3. The van der Waals surface area contributed by atoms with E-state index >= 15 is 0 Å². The van der Waals surface area contributed by atoms with Gasteiger partial charge in [0.2, 0.25) is 0 Å². The second kappa shape index (κ2) is 14.1. The SMILES string of the molecule is CC(C)Cc1cc(-c2[c-]cccc2)ncc1[Si](C)(C)C.[2H]C(C)(C)c1ccnc(-c2[c-]ccc3c2oc2cccc(F)c23)c1.[Ir]. The van der Waals surface area contributed by atoms with Crippen LogP contribution in [-0.4, -0.2) is 18.0 Å². The largest absolute Gasteiger partial charge is 0.500 e. The molecule has 0 atom stereocenters. The first-order valence-electron chi connectivity index (χ1n) is 15.3. The van der Waals surface area contributed by atoms with Crippen LogP contribution in [-0.2, 0) is 26.5 Å². The van der Waals surface area contributed by atoms with E-state index in [-0.39, 0.29) is 25.9 Å². The molecule has 6 rings (SSSR count). The molecular weight excluding hydrogens is 740 g/mol. The number of hydrogen-bond donors (Lipinski definition) is 0. The fraction of sp³-hybridized carbons (Fsp3) is 0.263. The average Bonchev–Trinajstić information content (AvgIpc) is 3.37. The average molecular weight is 780 g/mol. The summed E-state index contributed by atoms with van der Waals surface area (Å²) in [5.74, 6) is -0.372. The molecule has 0 saturated carbocycles. The summed E-state index contributed by atoms with van der Waals surface area (Å²) in [4.78, 5) is 9.08. The van der Waals surface area contributed by atoms with E-state index < -0.39 is 14.0 Å². The van der Waals surface area contributed by atoms with Gasteiger partial charge in [0.15, 0.2) is 0 Å². The van der Waals surface area contributed by atoms with Crippen LogP contribution in [0.1, 0.15) is 46.1 Å². The Morgan fingerprint density at radius 1 is 0.909 bits per heavy atom. The van der Waals surface area contributed by atoms with Gasteiger partial charge in [-0.15, -0.1) is 54.1 Å². The van der Waals surface area contributed by atoms with E-state index in [9.17, 15) is 4.39 Å². The Bertz CT molecular complexity index is 1910. The number of rotatable bonds is 6. The summed E-state index contributed by atoms with van der Waals surface area (Å²) in [6, 6.07) is 28.8. The Morgan fingerprint density at radius 2 is 1.70 bits per heavy atom. The van der Waals surface area contributed by atoms with Crippen LogP contribution in [0.25, 0.3) is 44.5 Å². The van der Waals surface area contributed by atoms with E-state index in [1.54, 1.807) is 30.5 Å². The van der Waals surface area contributed by atoms with Crippen molar-refractivity contribution in [2.75, 3.05) is 0 Å². The van der Waals surface area contributed by atoms with E-state index in [1.807, 2.05) is 44.2 Å². The molecule has 0 bridgehead atoms. The molecular formula is C38H39FIrN2OSi-2. The number of fused-ring (bicyclic) bond motifs is 3. The molecule has 0 N–H and O–H groups in total. The molecule has 3 nitrogen and oxygen atoms in total. The molecule has 0 fully saturated rings. The summed E-state index contributed by atoms with van der Waals surface area (Å²) in [5, 5.41) is 2.67. The Balaban J connectivity index is 0.000000204. The van der Waals surface area contributed by atoms with Crippen LogP contribution in [0.15, 0.2) is 89.6 Å². The molecule has 0 saturated heterocycles. The van der Waals surface area contributed by atoms with Crippen molar-refractivity contribution in [1.82, 2.24) is 9.97 Å². The van der Waals surface area contributed by atoms with Crippen LogP contribution >= 0.6 is 0 Å². The predicted molar refractivity (Wildman–Crippen MR) is 180 cm³/mol. The standard InChI is InChI=1S/C20H15FNO.C18H24NSi.Ir/c1-12(2)13-9-10-22-17(11-13)14-5-3-6-15-19-16(21)7-4-8-18(19)23-20(14)15;1-14(2)11-16-12-17(15-9-7-6-8-10-15)19-13-18(16)20(3,4)5;/h3-4,6-12H,1-2H3;6-9,12-14H,11H2,1-5H3;/q2*-1;/i12D;;. The third kappa shape index (κ3) is 7.43. The van der Waals surface area contributed by atoms with Gasteiger partial charge in [-0.3, -0.25) is 0 Å². The van der Waals surface area contributed by atoms with Gasteiger partial charge in [-0.2, -0.15) is 0 Å². The summed E-state index contributed by atoms with van der Waals surface area (Å²) in [6.07, 6.45) is 4.92. The summed E-state index contributed by atoms with van der Waals surface area (Å²) in [6.45, 7) is 15.4. The zero-order valence-electron chi connectivity index (χ0n) is 27.4. The second-order valence-corrected chi connectivity index (χ2v) is 17.6. The van der Waals surface area contributed by atoms with E-state index in [0.29, 0.717) is 39.1 Å².